The van der Waals surface area contributed by atoms with E-state index in [0.29, 0.717) is 17.8 Å². The van der Waals surface area contributed by atoms with E-state index in [0.717, 1.165) is 5.56 Å². The Hall–Kier alpha value is -3.87. The molecule has 140 valence electrons. The fraction of sp³-hybridized carbons (Fsp3) is 0.0952. The van der Waals surface area contributed by atoms with E-state index in [1.165, 1.54) is 19.1 Å². The fourth-order valence-electron chi connectivity index (χ4n) is 2.47. The molecule has 1 aromatic carbocycles. The molecule has 7 heteroatoms. The van der Waals surface area contributed by atoms with Crippen LogP contribution in [-0.4, -0.2) is 27.6 Å². The minimum absolute atomic E-state index is 0.0953. The van der Waals surface area contributed by atoms with Gasteiger partial charge < -0.3 is 10.6 Å². The highest BCUT2D eigenvalue weighted by molar-refractivity contribution is 6.04. The van der Waals surface area contributed by atoms with Gasteiger partial charge in [0.05, 0.1) is 0 Å². The number of aromatic nitrogens is 2. The maximum Gasteiger partial charge on any atom is 0.274 e. The number of Topliss-reactive ketones (excluding diaryl/α,β-unsaturated/α-hetero) is 1. The molecule has 2 N–H and O–H groups in total. The van der Waals surface area contributed by atoms with E-state index in [9.17, 15) is 14.4 Å². The van der Waals surface area contributed by atoms with Crippen LogP contribution in [0.1, 0.15) is 43.8 Å². The lowest BCUT2D eigenvalue weighted by molar-refractivity contribution is 0.0944. The molecule has 2 aromatic heterocycles. The van der Waals surface area contributed by atoms with E-state index in [1.807, 2.05) is 0 Å². The molecule has 28 heavy (non-hydrogen) atoms. The average molecular weight is 374 g/mol. The van der Waals surface area contributed by atoms with Crippen molar-refractivity contribution < 1.29 is 14.4 Å². The van der Waals surface area contributed by atoms with Crippen LogP contribution in [0.4, 0.5) is 5.69 Å². The standard InChI is InChI=1S/C21H18N4O3/c1-14(26)16-4-2-5-17(12-16)24-21(28)19-7-3-6-18(25-19)20(27)23-13-15-8-10-22-11-9-15/h2-12H,13H2,1H3,(H,23,27)(H,24,28). The van der Waals surface area contributed by atoms with Crippen LogP contribution in [-0.2, 0) is 6.54 Å². The highest BCUT2D eigenvalue weighted by atomic mass is 16.2. The molecular formula is C21H18N4O3. The quantitative estimate of drug-likeness (QED) is 0.646. The summed E-state index contributed by atoms with van der Waals surface area (Å²) in [5.41, 5.74) is 2.12. The minimum Gasteiger partial charge on any atom is -0.347 e. The lowest BCUT2D eigenvalue weighted by Crippen LogP contribution is -2.25. The van der Waals surface area contributed by atoms with Gasteiger partial charge in [0.2, 0.25) is 0 Å². The second-order valence-corrected chi connectivity index (χ2v) is 6.04. The maximum absolute atomic E-state index is 12.5. The van der Waals surface area contributed by atoms with E-state index in [1.54, 1.807) is 54.9 Å². The van der Waals surface area contributed by atoms with Gasteiger partial charge >= 0.3 is 0 Å². The van der Waals surface area contributed by atoms with Gasteiger partial charge in [0.25, 0.3) is 11.8 Å². The summed E-state index contributed by atoms with van der Waals surface area (Å²) in [7, 11) is 0. The first-order valence-electron chi connectivity index (χ1n) is 8.59. The number of ketones is 1. The molecule has 3 rings (SSSR count). The molecule has 0 radical (unpaired) electrons. The van der Waals surface area contributed by atoms with E-state index in [4.69, 9.17) is 0 Å². The smallest absolute Gasteiger partial charge is 0.274 e. The zero-order valence-corrected chi connectivity index (χ0v) is 15.2. The zero-order chi connectivity index (χ0) is 19.9. The van der Waals surface area contributed by atoms with Gasteiger partial charge in [-0.15, -0.1) is 0 Å². The van der Waals surface area contributed by atoms with E-state index < -0.39 is 5.91 Å². The van der Waals surface area contributed by atoms with Crippen LogP contribution in [0.5, 0.6) is 0 Å². The van der Waals surface area contributed by atoms with Crippen molar-refractivity contribution in [3.05, 3.63) is 89.5 Å². The third-order valence-electron chi connectivity index (χ3n) is 3.94. The van der Waals surface area contributed by atoms with Crippen molar-refractivity contribution in [1.82, 2.24) is 15.3 Å². The number of carbonyl (C=O) groups excluding carboxylic acids is 3. The summed E-state index contributed by atoms with van der Waals surface area (Å²) in [5, 5.41) is 5.44. The van der Waals surface area contributed by atoms with Crippen LogP contribution in [0.2, 0.25) is 0 Å². The Balaban J connectivity index is 1.68. The zero-order valence-electron chi connectivity index (χ0n) is 15.2. The number of amides is 2. The average Bonchev–Trinajstić information content (AvgIpc) is 2.73. The molecule has 0 spiro atoms. The van der Waals surface area contributed by atoms with Gasteiger partial charge in [0.15, 0.2) is 5.78 Å². The van der Waals surface area contributed by atoms with Crippen molar-refractivity contribution in [2.24, 2.45) is 0 Å². The maximum atomic E-state index is 12.5. The normalized spacial score (nSPS) is 10.2. The molecular weight excluding hydrogens is 356 g/mol. The molecule has 0 aliphatic carbocycles. The highest BCUT2D eigenvalue weighted by Crippen LogP contribution is 2.12. The molecule has 0 atom stereocenters. The number of nitrogens with zero attached hydrogens (tertiary/aromatic N) is 2. The van der Waals surface area contributed by atoms with E-state index >= 15 is 0 Å². The first kappa shape index (κ1) is 18.9. The Bertz CT molecular complexity index is 1020. The summed E-state index contributed by atoms with van der Waals surface area (Å²) in [6.07, 6.45) is 3.29. The summed E-state index contributed by atoms with van der Waals surface area (Å²) in [5.74, 6) is -0.948. The third-order valence-corrected chi connectivity index (χ3v) is 3.94. The number of carbonyl (C=O) groups is 3. The molecule has 3 aromatic rings. The Labute approximate surface area is 161 Å². The third kappa shape index (κ3) is 4.85. The fourth-order valence-corrected chi connectivity index (χ4v) is 2.47. The summed E-state index contributed by atoms with van der Waals surface area (Å²) in [6.45, 7) is 1.79. The number of rotatable bonds is 6. The van der Waals surface area contributed by atoms with Crippen LogP contribution in [0.15, 0.2) is 67.0 Å². The molecule has 0 fully saturated rings. The van der Waals surface area contributed by atoms with Crippen molar-refractivity contribution in [3.63, 3.8) is 0 Å². The van der Waals surface area contributed by atoms with Crippen molar-refractivity contribution in [2.45, 2.75) is 13.5 Å². The predicted molar refractivity (Wildman–Crippen MR) is 104 cm³/mol. The van der Waals surface area contributed by atoms with Crippen molar-refractivity contribution in [1.29, 1.82) is 0 Å². The lowest BCUT2D eigenvalue weighted by Gasteiger charge is -2.08. The number of pyridine rings is 2. The van der Waals surface area contributed by atoms with Gasteiger partial charge in [0, 0.05) is 30.2 Å². The molecule has 7 nitrogen and oxygen atoms in total. The van der Waals surface area contributed by atoms with Gasteiger partial charge in [-0.3, -0.25) is 19.4 Å². The van der Waals surface area contributed by atoms with Crippen LogP contribution >= 0.6 is 0 Å². The molecule has 0 aliphatic heterocycles. The van der Waals surface area contributed by atoms with Crippen molar-refractivity contribution >= 4 is 23.3 Å². The number of nitrogens with one attached hydrogen (secondary N) is 2. The van der Waals surface area contributed by atoms with Gasteiger partial charge in [-0.1, -0.05) is 18.2 Å². The van der Waals surface area contributed by atoms with Crippen LogP contribution in [0, 0.1) is 0 Å². The molecule has 0 saturated carbocycles. The molecule has 0 unspecified atom stereocenters. The SMILES string of the molecule is CC(=O)c1cccc(NC(=O)c2cccc(C(=O)NCc3ccncc3)n2)c1. The molecule has 0 saturated heterocycles. The topological polar surface area (TPSA) is 101 Å². The van der Waals surface area contributed by atoms with Crippen LogP contribution in [0.3, 0.4) is 0 Å². The minimum atomic E-state index is -0.468. The second-order valence-electron chi connectivity index (χ2n) is 6.04. The predicted octanol–water partition coefficient (Wildman–Crippen LogP) is 2.86. The van der Waals surface area contributed by atoms with Crippen molar-refractivity contribution in [2.75, 3.05) is 5.32 Å². The van der Waals surface area contributed by atoms with Gasteiger partial charge in [-0.25, -0.2) is 4.98 Å². The summed E-state index contributed by atoms with van der Waals surface area (Å²) in [4.78, 5) is 44.3. The second kappa shape index (κ2) is 8.68. The van der Waals surface area contributed by atoms with E-state index in [-0.39, 0.29) is 23.1 Å². The summed E-state index contributed by atoms with van der Waals surface area (Å²) in [6, 6.07) is 14.9. The number of anilines is 1. The Morgan fingerprint density at radius 2 is 1.57 bits per heavy atom. The molecule has 0 aliphatic rings. The summed E-state index contributed by atoms with van der Waals surface area (Å²) < 4.78 is 0. The molecule has 0 bridgehead atoms. The van der Waals surface area contributed by atoms with Crippen LogP contribution in [0.25, 0.3) is 0 Å². The molecule has 2 amide bonds. The highest BCUT2D eigenvalue weighted by Gasteiger charge is 2.13. The van der Waals surface area contributed by atoms with E-state index in [2.05, 4.69) is 20.6 Å². The monoisotopic (exact) mass is 374 g/mol. The first-order chi connectivity index (χ1) is 13.5. The van der Waals surface area contributed by atoms with Gasteiger partial charge in [-0.2, -0.15) is 0 Å². The van der Waals surface area contributed by atoms with Crippen molar-refractivity contribution in [3.8, 4) is 0 Å². The number of benzene rings is 1. The first-order valence-corrected chi connectivity index (χ1v) is 8.59. The number of hydrogen-bond acceptors (Lipinski definition) is 5. The lowest BCUT2D eigenvalue weighted by atomic mass is 10.1. The summed E-state index contributed by atoms with van der Waals surface area (Å²) >= 11 is 0. The number of hydrogen-bond donors (Lipinski definition) is 2. The Morgan fingerprint density at radius 3 is 2.29 bits per heavy atom. The Kier molecular flexibility index (Phi) is 5.86. The largest absolute Gasteiger partial charge is 0.347 e. The van der Waals surface area contributed by atoms with Gasteiger partial charge in [0.1, 0.15) is 11.4 Å². The Morgan fingerprint density at radius 1 is 0.893 bits per heavy atom. The van der Waals surface area contributed by atoms with Gasteiger partial charge in [-0.05, 0) is 48.9 Å². The molecule has 2 heterocycles. The van der Waals surface area contributed by atoms with Crippen LogP contribution < -0.4 is 10.6 Å².